The summed E-state index contributed by atoms with van der Waals surface area (Å²) < 4.78 is 5.63. The Hall–Kier alpha value is -3.64. The van der Waals surface area contributed by atoms with E-state index in [2.05, 4.69) is 22.1 Å². The molecule has 0 saturated heterocycles. The summed E-state index contributed by atoms with van der Waals surface area (Å²) in [6.45, 7) is 7.87. The number of rotatable bonds is 1. The molecule has 8 nitrogen and oxygen atoms in total. The lowest BCUT2D eigenvalue weighted by molar-refractivity contribution is -0.121. The van der Waals surface area contributed by atoms with Crippen molar-refractivity contribution in [1.82, 2.24) is 9.97 Å². The lowest BCUT2D eigenvalue weighted by Crippen LogP contribution is -2.54. The van der Waals surface area contributed by atoms with Crippen LogP contribution in [0.3, 0.4) is 0 Å². The third-order valence-electron chi connectivity index (χ3n) is 6.53. The second-order valence-electron chi connectivity index (χ2n) is 8.83. The summed E-state index contributed by atoms with van der Waals surface area (Å²) >= 11 is 5.10. The lowest BCUT2D eigenvalue weighted by Gasteiger charge is -2.40. The van der Waals surface area contributed by atoms with Crippen molar-refractivity contribution >= 4 is 29.4 Å². The second-order valence-corrected chi connectivity index (χ2v) is 9.24. The largest absolute Gasteiger partial charge is 0.424 e. The van der Waals surface area contributed by atoms with Gasteiger partial charge in [-0.05, 0) is 56.6 Å². The number of anilines is 1. The van der Waals surface area contributed by atoms with Gasteiger partial charge < -0.3 is 20.4 Å². The topological polar surface area (TPSA) is 128 Å². The maximum atomic E-state index is 14.4. The van der Waals surface area contributed by atoms with E-state index < -0.39 is 22.4 Å². The Balaban J connectivity index is 2.05. The van der Waals surface area contributed by atoms with Crippen LogP contribution in [0, 0.1) is 16.1 Å². The molecule has 0 saturated carbocycles. The molecule has 5 rings (SSSR count). The highest BCUT2D eigenvalue weighted by Gasteiger charge is 2.64. The van der Waals surface area contributed by atoms with Gasteiger partial charge in [0.1, 0.15) is 17.2 Å². The summed E-state index contributed by atoms with van der Waals surface area (Å²) in [4.78, 5) is 34.7. The first-order chi connectivity index (χ1) is 15.1. The van der Waals surface area contributed by atoms with E-state index in [9.17, 15) is 14.9 Å². The number of amides is 1. The number of aryl methyl sites for hydroxylation is 1. The Labute approximate surface area is 189 Å². The molecule has 1 aromatic carbocycles. The average Bonchev–Trinajstić information content (AvgIpc) is 2.95. The Kier molecular flexibility index (Phi) is 3.93. The van der Waals surface area contributed by atoms with Gasteiger partial charge in [0.15, 0.2) is 10.2 Å². The normalized spacial score (nSPS) is 22.3. The number of benzene rings is 1. The molecule has 1 spiro atoms. The molecule has 3 aliphatic heterocycles. The highest BCUT2D eigenvalue weighted by atomic mass is 32.1. The molecule has 1 atom stereocenters. The summed E-state index contributed by atoms with van der Waals surface area (Å²) in [5, 5.41) is 10.2. The molecular formula is C23H21N5O3S. The summed E-state index contributed by atoms with van der Waals surface area (Å²) in [6, 6.07) is 6.03. The number of aromatic amines is 2. The number of hydrogen-bond acceptors (Lipinski definition) is 6. The lowest BCUT2D eigenvalue weighted by atomic mass is 9.69. The van der Waals surface area contributed by atoms with Gasteiger partial charge >= 0.3 is 0 Å². The molecule has 0 fully saturated rings. The van der Waals surface area contributed by atoms with Crippen LogP contribution in [0.25, 0.3) is 5.57 Å². The average molecular weight is 448 g/mol. The first kappa shape index (κ1) is 20.3. The van der Waals surface area contributed by atoms with Gasteiger partial charge in [-0.15, -0.1) is 0 Å². The monoisotopic (exact) mass is 447 g/mol. The predicted molar refractivity (Wildman–Crippen MR) is 122 cm³/mol. The molecule has 4 N–H and O–H groups in total. The molecule has 1 unspecified atom stereocenters. The van der Waals surface area contributed by atoms with Crippen LogP contribution < -0.4 is 20.9 Å². The Morgan fingerprint density at radius 3 is 2.66 bits per heavy atom. The first-order valence-electron chi connectivity index (χ1n) is 10.2. The molecule has 162 valence electrons. The summed E-state index contributed by atoms with van der Waals surface area (Å²) in [7, 11) is 0. The van der Waals surface area contributed by atoms with Crippen LogP contribution in [-0.2, 0) is 16.6 Å². The van der Waals surface area contributed by atoms with E-state index in [0.717, 1.165) is 16.7 Å². The second kappa shape index (κ2) is 6.20. The van der Waals surface area contributed by atoms with Crippen LogP contribution in [0.4, 0.5) is 5.69 Å². The number of H-pyrrole nitrogens is 2. The van der Waals surface area contributed by atoms with Crippen molar-refractivity contribution in [2.75, 3.05) is 4.90 Å². The van der Waals surface area contributed by atoms with Gasteiger partial charge in [0, 0.05) is 11.1 Å². The van der Waals surface area contributed by atoms with Gasteiger partial charge in [-0.25, -0.2) is 0 Å². The number of nitrogens with zero attached hydrogens (tertiary/aromatic N) is 2. The zero-order valence-corrected chi connectivity index (χ0v) is 18.9. The van der Waals surface area contributed by atoms with Crippen LogP contribution in [0.5, 0.6) is 5.88 Å². The number of fused-ring (bicyclic) bond motifs is 3. The smallest absolute Gasteiger partial charge is 0.260 e. The van der Waals surface area contributed by atoms with Crippen molar-refractivity contribution in [3.05, 3.63) is 67.0 Å². The maximum Gasteiger partial charge on any atom is 0.260 e. The molecule has 0 radical (unpaired) electrons. The molecule has 32 heavy (non-hydrogen) atoms. The van der Waals surface area contributed by atoms with Gasteiger partial charge in [0.05, 0.1) is 11.2 Å². The fourth-order valence-electron chi connectivity index (χ4n) is 5.31. The van der Waals surface area contributed by atoms with Gasteiger partial charge in [-0.1, -0.05) is 19.1 Å². The molecule has 1 aromatic heterocycles. The molecule has 1 amide bonds. The molecule has 3 aliphatic rings. The fraction of sp³-hybridized carbons (Fsp3) is 0.304. The summed E-state index contributed by atoms with van der Waals surface area (Å²) in [5.74, 6) is -0.681. The van der Waals surface area contributed by atoms with E-state index in [1.165, 1.54) is 0 Å². The number of ether oxygens (including phenoxy) is 1. The maximum absolute atomic E-state index is 14.4. The summed E-state index contributed by atoms with van der Waals surface area (Å²) in [6.07, 6.45) is 2.73. The first-order valence-corrected chi connectivity index (χ1v) is 10.7. The standard InChI is InChI=1S/C23H21N5O3S/c1-5-11-6-12-10(2)8-22(3,4)28-16(12)13(7-11)23(20(28)30)14(9-24)17(25)31-19-15(23)18(29)26-21(32)27-19/h6-8H,5,25H2,1-4H3,(H2,26,27,29,32). The van der Waals surface area contributed by atoms with E-state index in [1.54, 1.807) is 4.90 Å². The van der Waals surface area contributed by atoms with Crippen molar-refractivity contribution in [2.24, 2.45) is 5.73 Å². The van der Waals surface area contributed by atoms with Gasteiger partial charge in [0.2, 0.25) is 17.7 Å². The van der Waals surface area contributed by atoms with E-state index in [4.69, 9.17) is 22.7 Å². The van der Waals surface area contributed by atoms with Crippen LogP contribution in [-0.4, -0.2) is 21.4 Å². The summed E-state index contributed by atoms with van der Waals surface area (Å²) in [5.41, 5.74) is 7.14. The predicted octanol–water partition coefficient (Wildman–Crippen LogP) is 2.91. The number of carbonyl (C=O) groups excluding carboxylic acids is 1. The number of nitriles is 1. The molecule has 0 aliphatic carbocycles. The quantitative estimate of drug-likeness (QED) is 0.577. The number of carbonyl (C=O) groups is 1. The molecule has 4 heterocycles. The van der Waals surface area contributed by atoms with Gasteiger partial charge in [-0.3, -0.25) is 14.6 Å². The van der Waals surface area contributed by atoms with Crippen LogP contribution in [0.15, 0.2) is 34.5 Å². The fourth-order valence-corrected chi connectivity index (χ4v) is 5.49. The van der Waals surface area contributed by atoms with Crippen LogP contribution in [0.2, 0.25) is 0 Å². The molecular weight excluding hydrogens is 426 g/mol. The third kappa shape index (κ3) is 2.22. The Morgan fingerprint density at radius 2 is 2.00 bits per heavy atom. The van der Waals surface area contributed by atoms with Gasteiger partial charge in [-0.2, -0.15) is 5.26 Å². The SMILES string of the molecule is CCc1cc2c3c(c1)C1(C(=O)N3C(C)(C)C=C2C)C(C#N)=C(N)Oc2[nH]c(=S)[nH]c(=O)c21. The van der Waals surface area contributed by atoms with Crippen molar-refractivity contribution in [1.29, 1.82) is 5.26 Å². The number of nitrogens with one attached hydrogen (secondary N) is 2. The van der Waals surface area contributed by atoms with E-state index >= 15 is 0 Å². The molecule has 0 bridgehead atoms. The minimum absolute atomic E-state index is 0.0137. The van der Waals surface area contributed by atoms with E-state index in [-0.39, 0.29) is 27.7 Å². The number of aromatic nitrogens is 2. The zero-order chi connectivity index (χ0) is 23.2. The minimum Gasteiger partial charge on any atom is -0.424 e. The van der Waals surface area contributed by atoms with Crippen molar-refractivity contribution in [2.45, 2.75) is 45.1 Å². The van der Waals surface area contributed by atoms with Crippen LogP contribution in [0.1, 0.15) is 49.9 Å². The highest BCUT2D eigenvalue weighted by molar-refractivity contribution is 7.71. The van der Waals surface area contributed by atoms with Gasteiger partial charge in [0.25, 0.3) is 5.56 Å². The number of hydrogen-bond donors (Lipinski definition) is 3. The van der Waals surface area contributed by atoms with E-state index in [0.29, 0.717) is 17.7 Å². The Morgan fingerprint density at radius 1 is 1.28 bits per heavy atom. The zero-order valence-electron chi connectivity index (χ0n) is 18.0. The van der Waals surface area contributed by atoms with Crippen molar-refractivity contribution in [3.63, 3.8) is 0 Å². The number of nitrogens with two attached hydrogens (primary N) is 1. The van der Waals surface area contributed by atoms with E-state index in [1.807, 2.05) is 39.8 Å². The minimum atomic E-state index is -1.75. The highest BCUT2D eigenvalue weighted by Crippen LogP contribution is 2.58. The molecule has 9 heteroatoms. The van der Waals surface area contributed by atoms with Crippen molar-refractivity contribution in [3.8, 4) is 11.9 Å². The molecule has 2 aromatic rings. The Bertz CT molecular complexity index is 1470. The van der Waals surface area contributed by atoms with Crippen molar-refractivity contribution < 1.29 is 9.53 Å². The number of allylic oxidation sites excluding steroid dienone is 1. The van der Waals surface area contributed by atoms with Crippen LogP contribution >= 0.6 is 12.2 Å². The third-order valence-corrected chi connectivity index (χ3v) is 6.73.